The van der Waals surface area contributed by atoms with Crippen LogP contribution in [0.1, 0.15) is 24.2 Å². The summed E-state index contributed by atoms with van der Waals surface area (Å²) in [7, 11) is -3.60. The van der Waals surface area contributed by atoms with Crippen LogP contribution in [0.15, 0.2) is 90.0 Å². The van der Waals surface area contributed by atoms with Gasteiger partial charge in [-0.2, -0.15) is 14.7 Å². The maximum atomic E-state index is 13.3. The second-order valence-electron chi connectivity index (χ2n) is 9.12. The van der Waals surface area contributed by atoms with Crippen molar-refractivity contribution in [2.24, 2.45) is 0 Å². The molecule has 0 radical (unpaired) electrons. The summed E-state index contributed by atoms with van der Waals surface area (Å²) >= 11 is 0. The molecule has 0 aliphatic carbocycles. The SMILES string of the molecule is N#C/C(=C/c1cn(-c2ccccc2)nc1-c1cccc(S(=O)(=O)N2CCCC2)c1)c1nc2ccccc2[nH]1. The number of hydrogen-bond acceptors (Lipinski definition) is 5. The van der Waals surface area contributed by atoms with E-state index in [1.807, 2.05) is 66.9 Å². The minimum atomic E-state index is -3.60. The Bertz CT molecular complexity index is 1770. The fourth-order valence-electron chi connectivity index (χ4n) is 4.70. The summed E-state index contributed by atoms with van der Waals surface area (Å²) in [6, 6.07) is 26.3. The lowest BCUT2D eigenvalue weighted by molar-refractivity contribution is 0.477. The number of nitrogens with zero attached hydrogens (tertiary/aromatic N) is 5. The van der Waals surface area contributed by atoms with Crippen LogP contribution in [0.5, 0.6) is 0 Å². The molecule has 9 heteroatoms. The number of nitrogens with one attached hydrogen (secondary N) is 1. The zero-order valence-electron chi connectivity index (χ0n) is 20.4. The maximum absolute atomic E-state index is 13.3. The number of fused-ring (bicyclic) bond motifs is 1. The Morgan fingerprint density at radius 2 is 1.74 bits per heavy atom. The van der Waals surface area contributed by atoms with Crippen molar-refractivity contribution in [1.29, 1.82) is 5.26 Å². The van der Waals surface area contributed by atoms with Crippen LogP contribution in [0, 0.1) is 11.3 Å². The number of para-hydroxylation sites is 3. The van der Waals surface area contributed by atoms with Crippen LogP contribution < -0.4 is 0 Å². The number of aromatic nitrogens is 4. The monoisotopic (exact) mass is 520 g/mol. The number of imidazole rings is 1. The third-order valence-corrected chi connectivity index (χ3v) is 8.53. The summed E-state index contributed by atoms with van der Waals surface area (Å²) in [6.45, 7) is 1.07. The smallest absolute Gasteiger partial charge is 0.243 e. The molecule has 0 saturated carbocycles. The molecule has 0 unspecified atom stereocenters. The number of hydrogen-bond donors (Lipinski definition) is 1. The number of aromatic amines is 1. The molecule has 2 aromatic heterocycles. The lowest BCUT2D eigenvalue weighted by atomic mass is 10.1. The Morgan fingerprint density at radius 3 is 2.50 bits per heavy atom. The molecule has 1 N–H and O–H groups in total. The molecular formula is C29H24N6O2S. The van der Waals surface area contributed by atoms with Gasteiger partial charge < -0.3 is 4.98 Å². The topological polar surface area (TPSA) is 108 Å². The van der Waals surface area contributed by atoms with Crippen LogP contribution >= 0.6 is 0 Å². The normalized spacial score (nSPS) is 14.7. The number of allylic oxidation sites excluding steroid dienone is 1. The van der Waals surface area contributed by atoms with Gasteiger partial charge in [0, 0.05) is 30.4 Å². The molecule has 3 aromatic carbocycles. The maximum Gasteiger partial charge on any atom is 0.243 e. The standard InChI is InChI=1S/C29H24N6O2S/c30-19-22(29-31-26-13-4-5-14-27(26)32-29)17-23-20-35(24-10-2-1-3-11-24)33-28(23)21-9-8-12-25(18-21)38(36,37)34-15-6-7-16-34/h1-5,8-14,17-18,20H,6-7,15-16H2,(H,31,32)/b22-17-. The summed E-state index contributed by atoms with van der Waals surface area (Å²) in [5.74, 6) is 0.456. The van der Waals surface area contributed by atoms with E-state index < -0.39 is 10.0 Å². The number of H-pyrrole nitrogens is 1. The fourth-order valence-corrected chi connectivity index (χ4v) is 6.26. The minimum Gasteiger partial charge on any atom is -0.337 e. The highest BCUT2D eigenvalue weighted by atomic mass is 32.2. The molecule has 3 heterocycles. The summed E-state index contributed by atoms with van der Waals surface area (Å²) in [5.41, 5.74) is 4.67. The first-order chi connectivity index (χ1) is 18.5. The van der Waals surface area contributed by atoms with Crippen molar-refractivity contribution in [2.45, 2.75) is 17.7 Å². The quantitative estimate of drug-likeness (QED) is 0.307. The van der Waals surface area contributed by atoms with Crippen molar-refractivity contribution in [1.82, 2.24) is 24.1 Å². The Kier molecular flexibility index (Phi) is 6.12. The first-order valence-corrected chi connectivity index (χ1v) is 13.8. The van der Waals surface area contributed by atoms with E-state index in [0.29, 0.717) is 41.3 Å². The van der Waals surface area contributed by atoms with E-state index in [2.05, 4.69) is 16.0 Å². The summed E-state index contributed by atoms with van der Waals surface area (Å²) in [5, 5.41) is 14.9. The third-order valence-electron chi connectivity index (χ3n) is 6.64. The van der Waals surface area contributed by atoms with Gasteiger partial charge in [0.15, 0.2) is 0 Å². The van der Waals surface area contributed by atoms with Crippen LogP contribution in [0.25, 0.3) is 39.6 Å². The number of rotatable bonds is 6. The Balaban J connectivity index is 1.48. The van der Waals surface area contributed by atoms with E-state index in [9.17, 15) is 13.7 Å². The van der Waals surface area contributed by atoms with Crippen LogP contribution in [0.4, 0.5) is 0 Å². The fraction of sp³-hybridized carbons (Fsp3) is 0.138. The molecular weight excluding hydrogens is 496 g/mol. The second kappa shape index (κ2) is 9.74. The highest BCUT2D eigenvalue weighted by Gasteiger charge is 2.27. The number of nitriles is 1. The van der Waals surface area contributed by atoms with Gasteiger partial charge in [0.05, 0.1) is 27.2 Å². The molecule has 8 nitrogen and oxygen atoms in total. The van der Waals surface area contributed by atoms with E-state index in [0.717, 1.165) is 29.6 Å². The molecule has 0 atom stereocenters. The molecule has 1 aliphatic heterocycles. The van der Waals surface area contributed by atoms with Crippen molar-refractivity contribution in [3.05, 3.63) is 96.4 Å². The highest BCUT2D eigenvalue weighted by Crippen LogP contribution is 2.30. The van der Waals surface area contributed by atoms with Crippen molar-refractivity contribution in [3.63, 3.8) is 0 Å². The average Bonchev–Trinajstić information content (AvgIpc) is 3.72. The second-order valence-corrected chi connectivity index (χ2v) is 11.1. The van der Waals surface area contributed by atoms with Gasteiger partial charge in [0.2, 0.25) is 10.0 Å². The van der Waals surface area contributed by atoms with Gasteiger partial charge in [-0.05, 0) is 55.3 Å². The predicted molar refractivity (Wildman–Crippen MR) is 147 cm³/mol. The highest BCUT2D eigenvalue weighted by molar-refractivity contribution is 7.89. The first-order valence-electron chi connectivity index (χ1n) is 12.4. The average molecular weight is 521 g/mol. The van der Waals surface area contributed by atoms with Crippen LogP contribution in [-0.2, 0) is 10.0 Å². The van der Waals surface area contributed by atoms with Gasteiger partial charge in [0.1, 0.15) is 17.6 Å². The zero-order valence-corrected chi connectivity index (χ0v) is 21.3. The lowest BCUT2D eigenvalue weighted by Crippen LogP contribution is -2.27. The van der Waals surface area contributed by atoms with Gasteiger partial charge in [-0.15, -0.1) is 0 Å². The van der Waals surface area contributed by atoms with Gasteiger partial charge in [-0.3, -0.25) is 0 Å². The first kappa shape index (κ1) is 23.9. The molecule has 38 heavy (non-hydrogen) atoms. The largest absolute Gasteiger partial charge is 0.337 e. The van der Waals surface area contributed by atoms with Gasteiger partial charge >= 0.3 is 0 Å². The molecule has 1 saturated heterocycles. The van der Waals surface area contributed by atoms with E-state index in [1.54, 1.807) is 29.0 Å². The molecule has 1 fully saturated rings. The zero-order chi connectivity index (χ0) is 26.1. The van der Waals surface area contributed by atoms with Crippen LogP contribution in [0.2, 0.25) is 0 Å². The van der Waals surface area contributed by atoms with Crippen LogP contribution in [-0.4, -0.2) is 45.6 Å². The molecule has 6 rings (SSSR count). The van der Waals surface area contributed by atoms with E-state index >= 15 is 0 Å². The minimum absolute atomic E-state index is 0.235. The molecule has 0 bridgehead atoms. The van der Waals surface area contributed by atoms with Gasteiger partial charge in [-0.1, -0.05) is 42.5 Å². The molecule has 0 spiro atoms. The number of benzene rings is 3. The molecule has 5 aromatic rings. The number of sulfonamides is 1. The van der Waals surface area contributed by atoms with Crippen molar-refractivity contribution in [3.8, 4) is 23.0 Å². The molecule has 0 amide bonds. The van der Waals surface area contributed by atoms with Gasteiger partial charge in [0.25, 0.3) is 0 Å². The van der Waals surface area contributed by atoms with Crippen molar-refractivity contribution >= 4 is 32.7 Å². The van der Waals surface area contributed by atoms with Crippen molar-refractivity contribution < 1.29 is 8.42 Å². The lowest BCUT2D eigenvalue weighted by Gasteiger charge is -2.16. The van der Waals surface area contributed by atoms with E-state index in [4.69, 9.17) is 5.10 Å². The Morgan fingerprint density at radius 1 is 0.974 bits per heavy atom. The Labute approximate surface area is 220 Å². The van der Waals surface area contributed by atoms with E-state index in [-0.39, 0.29) is 4.90 Å². The van der Waals surface area contributed by atoms with E-state index in [1.165, 1.54) is 4.31 Å². The summed E-state index contributed by atoms with van der Waals surface area (Å²) in [6.07, 6.45) is 5.32. The summed E-state index contributed by atoms with van der Waals surface area (Å²) in [4.78, 5) is 8.03. The molecule has 188 valence electrons. The predicted octanol–water partition coefficient (Wildman–Crippen LogP) is 5.26. The van der Waals surface area contributed by atoms with Crippen LogP contribution in [0.3, 0.4) is 0 Å². The third kappa shape index (κ3) is 4.41. The Hall–Kier alpha value is -4.52. The van der Waals surface area contributed by atoms with Gasteiger partial charge in [-0.25, -0.2) is 18.1 Å². The summed E-state index contributed by atoms with van der Waals surface area (Å²) < 4.78 is 29.8. The van der Waals surface area contributed by atoms with Crippen molar-refractivity contribution in [2.75, 3.05) is 13.1 Å². The molecule has 1 aliphatic rings.